The number of nitrogens with two attached hydrogens (primary N) is 1. The maximum Gasteiger partial charge on any atom is 0.220 e. The molecule has 1 saturated carbocycles. The van der Waals surface area contributed by atoms with Gasteiger partial charge in [0.25, 0.3) is 0 Å². The standard InChI is InChI=1S/C18H22N2O.ClH/c19-12-17(15-8-9-15)20-18(21)10-6-13-5-7-14-3-1-2-4-16(14)11-13;/h1-5,7,11,15,17H,6,8-10,12,19H2,(H,20,21);1H. The van der Waals surface area contributed by atoms with Crippen LogP contribution in [0.3, 0.4) is 0 Å². The zero-order chi connectivity index (χ0) is 14.7. The van der Waals surface area contributed by atoms with Crippen molar-refractivity contribution in [3.8, 4) is 0 Å². The number of carbonyl (C=O) groups is 1. The van der Waals surface area contributed by atoms with Crippen LogP contribution in [-0.2, 0) is 11.2 Å². The third-order valence-corrected chi connectivity index (χ3v) is 4.25. The van der Waals surface area contributed by atoms with Gasteiger partial charge in [0.1, 0.15) is 0 Å². The number of hydrogen-bond acceptors (Lipinski definition) is 2. The van der Waals surface area contributed by atoms with Crippen LogP contribution in [0.5, 0.6) is 0 Å². The fraction of sp³-hybridized carbons (Fsp3) is 0.389. The average Bonchev–Trinajstić information content (AvgIpc) is 3.35. The molecule has 0 aliphatic heterocycles. The molecule has 0 heterocycles. The van der Waals surface area contributed by atoms with E-state index >= 15 is 0 Å². The van der Waals surface area contributed by atoms with Gasteiger partial charge >= 0.3 is 0 Å². The van der Waals surface area contributed by atoms with Crippen LogP contribution in [0.2, 0.25) is 0 Å². The summed E-state index contributed by atoms with van der Waals surface area (Å²) >= 11 is 0. The summed E-state index contributed by atoms with van der Waals surface area (Å²) in [5.41, 5.74) is 6.92. The number of halogens is 1. The van der Waals surface area contributed by atoms with E-state index in [1.807, 2.05) is 12.1 Å². The van der Waals surface area contributed by atoms with Crippen molar-refractivity contribution in [1.29, 1.82) is 0 Å². The number of benzene rings is 2. The van der Waals surface area contributed by atoms with Crippen molar-refractivity contribution in [2.24, 2.45) is 11.7 Å². The van der Waals surface area contributed by atoms with E-state index in [0.29, 0.717) is 18.9 Å². The van der Waals surface area contributed by atoms with Crippen LogP contribution in [0.4, 0.5) is 0 Å². The topological polar surface area (TPSA) is 55.1 Å². The van der Waals surface area contributed by atoms with Crippen molar-refractivity contribution in [2.45, 2.75) is 31.7 Å². The molecule has 1 amide bonds. The van der Waals surface area contributed by atoms with Crippen LogP contribution in [0.25, 0.3) is 10.8 Å². The molecule has 2 aromatic rings. The molecule has 118 valence electrons. The molecule has 1 atom stereocenters. The van der Waals surface area contributed by atoms with Crippen LogP contribution in [0, 0.1) is 5.92 Å². The number of fused-ring (bicyclic) bond motifs is 1. The third kappa shape index (κ3) is 4.21. The molecule has 1 unspecified atom stereocenters. The van der Waals surface area contributed by atoms with Gasteiger partial charge in [-0.1, -0.05) is 42.5 Å². The first kappa shape index (κ1) is 16.8. The summed E-state index contributed by atoms with van der Waals surface area (Å²) in [5.74, 6) is 0.727. The minimum Gasteiger partial charge on any atom is -0.352 e. The Morgan fingerprint density at radius 1 is 1.18 bits per heavy atom. The molecule has 0 saturated heterocycles. The summed E-state index contributed by atoms with van der Waals surface area (Å²) < 4.78 is 0. The van der Waals surface area contributed by atoms with Crippen LogP contribution in [-0.4, -0.2) is 18.5 Å². The number of rotatable bonds is 6. The molecule has 0 spiro atoms. The first-order chi connectivity index (χ1) is 10.3. The normalized spacial score (nSPS) is 15.1. The summed E-state index contributed by atoms with van der Waals surface area (Å²) in [5, 5.41) is 5.54. The molecule has 2 aromatic carbocycles. The van der Waals surface area contributed by atoms with E-state index in [4.69, 9.17) is 5.73 Å². The number of aryl methyl sites for hydroxylation is 1. The van der Waals surface area contributed by atoms with Crippen molar-refractivity contribution in [3.05, 3.63) is 48.0 Å². The zero-order valence-corrected chi connectivity index (χ0v) is 13.4. The Morgan fingerprint density at radius 2 is 1.91 bits per heavy atom. The second-order valence-electron chi connectivity index (χ2n) is 5.93. The Bertz CT molecular complexity index is 640. The van der Waals surface area contributed by atoms with Gasteiger partial charge in [0.2, 0.25) is 5.91 Å². The summed E-state index contributed by atoms with van der Waals surface area (Å²) in [6, 6.07) is 14.9. The van der Waals surface area contributed by atoms with Crippen molar-refractivity contribution >= 4 is 29.1 Å². The predicted octanol–water partition coefficient (Wildman–Crippen LogP) is 3.05. The minimum absolute atomic E-state index is 0. The van der Waals surface area contributed by atoms with E-state index in [2.05, 4.69) is 35.6 Å². The lowest BCUT2D eigenvalue weighted by Crippen LogP contribution is -2.41. The Morgan fingerprint density at radius 3 is 2.59 bits per heavy atom. The van der Waals surface area contributed by atoms with Gasteiger partial charge < -0.3 is 11.1 Å². The Hall–Kier alpha value is -1.58. The van der Waals surface area contributed by atoms with E-state index in [9.17, 15) is 4.79 Å². The molecule has 0 radical (unpaired) electrons. The molecule has 22 heavy (non-hydrogen) atoms. The smallest absolute Gasteiger partial charge is 0.220 e. The molecule has 0 bridgehead atoms. The SMILES string of the molecule is Cl.NCC(NC(=O)CCc1ccc2ccccc2c1)C1CC1. The van der Waals surface area contributed by atoms with Gasteiger partial charge in [-0.05, 0) is 41.5 Å². The van der Waals surface area contributed by atoms with Crippen molar-refractivity contribution in [3.63, 3.8) is 0 Å². The van der Waals surface area contributed by atoms with Gasteiger partial charge in [-0.25, -0.2) is 0 Å². The molecule has 3 nitrogen and oxygen atoms in total. The number of carbonyl (C=O) groups excluding carboxylic acids is 1. The molecular formula is C18H23ClN2O. The third-order valence-electron chi connectivity index (χ3n) is 4.25. The fourth-order valence-corrected chi connectivity index (χ4v) is 2.80. The first-order valence-electron chi connectivity index (χ1n) is 7.73. The van der Waals surface area contributed by atoms with Crippen LogP contribution >= 0.6 is 12.4 Å². The highest BCUT2D eigenvalue weighted by Crippen LogP contribution is 2.32. The maximum atomic E-state index is 12.0. The largest absolute Gasteiger partial charge is 0.352 e. The highest BCUT2D eigenvalue weighted by atomic mass is 35.5. The van der Waals surface area contributed by atoms with E-state index in [0.717, 1.165) is 6.42 Å². The van der Waals surface area contributed by atoms with Crippen LogP contribution < -0.4 is 11.1 Å². The second-order valence-corrected chi connectivity index (χ2v) is 5.93. The fourth-order valence-electron chi connectivity index (χ4n) is 2.80. The molecule has 1 aliphatic rings. The molecular weight excluding hydrogens is 296 g/mol. The minimum atomic E-state index is 0. The first-order valence-corrected chi connectivity index (χ1v) is 7.73. The summed E-state index contributed by atoms with van der Waals surface area (Å²) in [4.78, 5) is 12.0. The van der Waals surface area contributed by atoms with Gasteiger partial charge in [-0.3, -0.25) is 4.79 Å². The lowest BCUT2D eigenvalue weighted by Gasteiger charge is -2.15. The molecule has 3 N–H and O–H groups in total. The zero-order valence-electron chi connectivity index (χ0n) is 12.6. The summed E-state index contributed by atoms with van der Waals surface area (Å²) in [6.45, 7) is 0.548. The second kappa shape index (κ2) is 7.61. The molecule has 4 heteroatoms. The van der Waals surface area contributed by atoms with Crippen molar-refractivity contribution in [2.75, 3.05) is 6.54 Å². The monoisotopic (exact) mass is 318 g/mol. The molecule has 1 aliphatic carbocycles. The van der Waals surface area contributed by atoms with Gasteiger partial charge in [0, 0.05) is 19.0 Å². The van der Waals surface area contributed by atoms with E-state index in [1.165, 1.54) is 29.2 Å². The van der Waals surface area contributed by atoms with Crippen LogP contribution in [0.1, 0.15) is 24.8 Å². The highest BCUT2D eigenvalue weighted by Gasteiger charge is 2.30. The highest BCUT2D eigenvalue weighted by molar-refractivity contribution is 5.85. The maximum absolute atomic E-state index is 12.0. The molecule has 0 aromatic heterocycles. The van der Waals surface area contributed by atoms with E-state index in [-0.39, 0.29) is 24.4 Å². The quantitative estimate of drug-likeness (QED) is 0.860. The van der Waals surface area contributed by atoms with E-state index in [1.54, 1.807) is 0 Å². The lowest BCUT2D eigenvalue weighted by molar-refractivity contribution is -0.121. The van der Waals surface area contributed by atoms with Gasteiger partial charge in [0.15, 0.2) is 0 Å². The van der Waals surface area contributed by atoms with E-state index < -0.39 is 0 Å². The number of hydrogen-bond donors (Lipinski definition) is 2. The number of amides is 1. The Balaban J connectivity index is 0.00000176. The predicted molar refractivity (Wildman–Crippen MR) is 93.2 cm³/mol. The van der Waals surface area contributed by atoms with Gasteiger partial charge in [-0.15, -0.1) is 12.4 Å². The number of nitrogens with one attached hydrogen (secondary N) is 1. The Kier molecular flexibility index (Phi) is 5.81. The molecule has 3 rings (SSSR count). The molecule has 1 fully saturated rings. The average molecular weight is 319 g/mol. The Labute approximate surface area is 137 Å². The summed E-state index contributed by atoms with van der Waals surface area (Å²) in [6.07, 6.45) is 3.71. The van der Waals surface area contributed by atoms with Gasteiger partial charge in [-0.2, -0.15) is 0 Å². The lowest BCUT2D eigenvalue weighted by atomic mass is 10.0. The van der Waals surface area contributed by atoms with Crippen molar-refractivity contribution in [1.82, 2.24) is 5.32 Å². The van der Waals surface area contributed by atoms with Crippen LogP contribution in [0.15, 0.2) is 42.5 Å². The van der Waals surface area contributed by atoms with Gasteiger partial charge in [0.05, 0.1) is 0 Å². The van der Waals surface area contributed by atoms with Crippen molar-refractivity contribution < 1.29 is 4.79 Å². The summed E-state index contributed by atoms with van der Waals surface area (Å²) in [7, 11) is 0.